The molecule has 0 amide bonds. The van der Waals surface area contributed by atoms with Gasteiger partial charge in [-0.05, 0) is 19.8 Å². The number of aromatic nitrogens is 3. The normalized spacial score (nSPS) is 26.5. The van der Waals surface area contributed by atoms with E-state index < -0.39 is 0 Å². The van der Waals surface area contributed by atoms with Crippen molar-refractivity contribution >= 4 is 17.7 Å². The summed E-state index contributed by atoms with van der Waals surface area (Å²) < 4.78 is 7.25. The predicted molar refractivity (Wildman–Crippen MR) is 72.0 cm³/mol. The maximum Gasteiger partial charge on any atom is 0.319 e. The average molecular weight is 279 g/mol. The van der Waals surface area contributed by atoms with E-state index in [1.54, 1.807) is 0 Å². The smallest absolute Gasteiger partial charge is 0.319 e. The van der Waals surface area contributed by atoms with E-state index in [0.717, 1.165) is 17.4 Å². The molecule has 0 spiro atoms. The van der Waals surface area contributed by atoms with Crippen molar-refractivity contribution in [1.82, 2.24) is 14.8 Å². The first-order chi connectivity index (χ1) is 9.19. The molecule has 1 saturated carbocycles. The van der Waals surface area contributed by atoms with Crippen molar-refractivity contribution in [3.63, 3.8) is 0 Å². The third-order valence-electron chi connectivity index (χ3n) is 3.37. The second-order valence-corrected chi connectivity index (χ2v) is 6.27. The monoisotopic (exact) mass is 279 g/mol. The van der Waals surface area contributed by atoms with E-state index in [2.05, 4.69) is 21.3 Å². The van der Waals surface area contributed by atoms with Gasteiger partial charge in [-0.15, -0.1) is 16.8 Å². The Balaban J connectivity index is 1.80. The maximum absolute atomic E-state index is 11.7. The number of carbonyl (C=O) groups is 1. The number of hydrogen-bond donors (Lipinski definition) is 0. The molecule has 2 heterocycles. The van der Waals surface area contributed by atoms with Crippen LogP contribution in [0.4, 0.5) is 0 Å². The number of rotatable bonds is 5. The van der Waals surface area contributed by atoms with Crippen LogP contribution in [0.3, 0.4) is 0 Å². The molecule has 6 heteroatoms. The van der Waals surface area contributed by atoms with Crippen molar-refractivity contribution in [2.45, 2.75) is 55.2 Å². The fourth-order valence-electron chi connectivity index (χ4n) is 2.27. The van der Waals surface area contributed by atoms with Gasteiger partial charge in [0.15, 0.2) is 5.16 Å². The zero-order valence-corrected chi connectivity index (χ0v) is 11.7. The minimum absolute atomic E-state index is 0.00341. The summed E-state index contributed by atoms with van der Waals surface area (Å²) >= 11 is 1.46. The molecule has 5 nitrogen and oxygen atoms in total. The quantitative estimate of drug-likeness (QED) is 0.610. The van der Waals surface area contributed by atoms with E-state index in [-0.39, 0.29) is 17.3 Å². The van der Waals surface area contributed by atoms with Crippen LogP contribution in [0.1, 0.15) is 37.9 Å². The van der Waals surface area contributed by atoms with Crippen LogP contribution < -0.4 is 0 Å². The molecule has 0 bridgehead atoms. The Hall–Kier alpha value is -1.30. The molecule has 1 aromatic rings. The summed E-state index contributed by atoms with van der Waals surface area (Å²) in [5.41, 5.74) is 0. The van der Waals surface area contributed by atoms with Gasteiger partial charge in [0.1, 0.15) is 17.2 Å². The number of esters is 1. The van der Waals surface area contributed by atoms with Gasteiger partial charge in [-0.3, -0.25) is 4.79 Å². The molecule has 1 aliphatic carbocycles. The lowest BCUT2D eigenvalue weighted by atomic mass is 10.3. The summed E-state index contributed by atoms with van der Waals surface area (Å²) in [6.07, 6.45) is 4.95. The number of allylic oxidation sites excluding steroid dienone is 1. The van der Waals surface area contributed by atoms with Gasteiger partial charge >= 0.3 is 5.97 Å². The highest BCUT2D eigenvalue weighted by Crippen LogP contribution is 2.41. The second-order valence-electron chi connectivity index (χ2n) is 5.10. The van der Waals surface area contributed by atoms with E-state index in [0.29, 0.717) is 12.5 Å². The fourth-order valence-corrected chi connectivity index (χ4v) is 3.43. The molecule has 1 saturated heterocycles. The lowest BCUT2D eigenvalue weighted by Gasteiger charge is -2.08. The molecule has 2 atom stereocenters. The van der Waals surface area contributed by atoms with E-state index >= 15 is 0 Å². The summed E-state index contributed by atoms with van der Waals surface area (Å²) in [4.78, 5) is 11.7. The van der Waals surface area contributed by atoms with Gasteiger partial charge in [0.2, 0.25) is 0 Å². The predicted octanol–water partition coefficient (Wildman–Crippen LogP) is 2.14. The number of thioether (sulfide) groups is 1. The van der Waals surface area contributed by atoms with Crippen LogP contribution in [-0.4, -0.2) is 32.1 Å². The lowest BCUT2D eigenvalue weighted by molar-refractivity contribution is -0.140. The van der Waals surface area contributed by atoms with Crippen molar-refractivity contribution in [2.75, 3.05) is 0 Å². The van der Waals surface area contributed by atoms with Crippen LogP contribution in [0.15, 0.2) is 17.8 Å². The van der Waals surface area contributed by atoms with E-state index in [1.807, 2.05) is 13.0 Å². The molecule has 0 aromatic carbocycles. The van der Waals surface area contributed by atoms with Crippen molar-refractivity contribution in [1.29, 1.82) is 0 Å². The third kappa shape index (κ3) is 2.54. The zero-order valence-electron chi connectivity index (χ0n) is 10.9. The third-order valence-corrected chi connectivity index (χ3v) is 4.56. The number of cyclic esters (lactones) is 1. The highest BCUT2D eigenvalue weighted by molar-refractivity contribution is 8.00. The molecule has 1 aliphatic heterocycles. The standard InChI is InChI=1S/C13H17N3O2S/c1-3-6-16-11(9-4-5-9)14-15-13(16)19-10-7-8(2)18-12(10)17/h3,8-10H,1,4-7H2,2H3/t8-,10+/m1/s1. The van der Waals surface area contributed by atoms with Gasteiger partial charge < -0.3 is 9.30 Å². The molecule has 2 aliphatic rings. The Morgan fingerprint density at radius 3 is 2.89 bits per heavy atom. The van der Waals surface area contributed by atoms with Crippen molar-refractivity contribution in [3.8, 4) is 0 Å². The molecule has 19 heavy (non-hydrogen) atoms. The largest absolute Gasteiger partial charge is 0.462 e. The van der Waals surface area contributed by atoms with Crippen molar-refractivity contribution in [2.24, 2.45) is 0 Å². The maximum atomic E-state index is 11.7. The van der Waals surface area contributed by atoms with Crippen molar-refractivity contribution < 1.29 is 9.53 Å². The molecule has 1 aromatic heterocycles. The average Bonchev–Trinajstić information content (AvgIpc) is 3.06. The molecular formula is C13H17N3O2S. The first kappa shape index (κ1) is 12.7. The molecule has 3 rings (SSSR count). The van der Waals surface area contributed by atoms with Crippen LogP contribution in [0.5, 0.6) is 0 Å². The van der Waals surface area contributed by atoms with Crippen LogP contribution in [-0.2, 0) is 16.1 Å². The Morgan fingerprint density at radius 1 is 1.53 bits per heavy atom. The van der Waals surface area contributed by atoms with E-state index in [4.69, 9.17) is 4.74 Å². The first-order valence-corrected chi connectivity index (χ1v) is 7.48. The van der Waals surface area contributed by atoms with Gasteiger partial charge in [0.05, 0.1) is 0 Å². The topological polar surface area (TPSA) is 57.0 Å². The summed E-state index contributed by atoms with van der Waals surface area (Å²) in [6, 6.07) is 0. The van der Waals surface area contributed by atoms with Gasteiger partial charge in [-0.25, -0.2) is 0 Å². The number of ether oxygens (including phenoxy) is 1. The summed E-state index contributed by atoms with van der Waals surface area (Å²) in [5.74, 6) is 1.43. The number of nitrogens with zero attached hydrogens (tertiary/aromatic N) is 3. The summed E-state index contributed by atoms with van der Waals surface area (Å²) in [6.45, 7) is 6.39. The van der Waals surface area contributed by atoms with Gasteiger partial charge in [0, 0.05) is 18.9 Å². The highest BCUT2D eigenvalue weighted by Gasteiger charge is 2.35. The molecule has 102 valence electrons. The number of carbonyl (C=O) groups excluding carboxylic acids is 1. The highest BCUT2D eigenvalue weighted by atomic mass is 32.2. The van der Waals surface area contributed by atoms with Crippen molar-refractivity contribution in [3.05, 3.63) is 18.5 Å². The Morgan fingerprint density at radius 2 is 2.32 bits per heavy atom. The zero-order chi connectivity index (χ0) is 13.4. The molecular weight excluding hydrogens is 262 g/mol. The Kier molecular flexibility index (Phi) is 3.35. The van der Waals surface area contributed by atoms with Gasteiger partial charge in [-0.2, -0.15) is 0 Å². The second kappa shape index (κ2) is 5.00. The Labute approximate surface area is 116 Å². The van der Waals surface area contributed by atoms with E-state index in [9.17, 15) is 4.79 Å². The van der Waals surface area contributed by atoms with Crippen LogP contribution in [0.25, 0.3) is 0 Å². The molecule has 0 N–H and O–H groups in total. The Bertz CT molecular complexity index is 510. The lowest BCUT2D eigenvalue weighted by Crippen LogP contribution is -2.11. The minimum atomic E-state index is -0.158. The minimum Gasteiger partial charge on any atom is -0.462 e. The van der Waals surface area contributed by atoms with Gasteiger partial charge in [-0.1, -0.05) is 17.8 Å². The van der Waals surface area contributed by atoms with Crippen LogP contribution in [0.2, 0.25) is 0 Å². The molecule has 0 unspecified atom stereocenters. The summed E-state index contributed by atoms with van der Waals surface area (Å²) in [7, 11) is 0. The van der Waals surface area contributed by atoms with Crippen LogP contribution >= 0.6 is 11.8 Å². The molecule has 0 radical (unpaired) electrons. The summed E-state index contributed by atoms with van der Waals surface area (Å²) in [5, 5.41) is 9.16. The first-order valence-electron chi connectivity index (χ1n) is 6.60. The fraction of sp³-hybridized carbons (Fsp3) is 0.615. The van der Waals surface area contributed by atoms with Crippen LogP contribution in [0, 0.1) is 0 Å². The SMILES string of the molecule is C=CCn1c(S[C@H]2C[C@@H](C)OC2=O)nnc1C1CC1. The number of hydrogen-bond acceptors (Lipinski definition) is 5. The van der Waals surface area contributed by atoms with Gasteiger partial charge in [0.25, 0.3) is 0 Å². The molecule has 2 fully saturated rings. The van der Waals surface area contributed by atoms with E-state index in [1.165, 1.54) is 24.6 Å².